The normalized spacial score (nSPS) is 16.7. The number of anilines is 1. The van der Waals surface area contributed by atoms with Gasteiger partial charge in [-0.1, -0.05) is 60.7 Å². The van der Waals surface area contributed by atoms with Gasteiger partial charge in [-0.25, -0.2) is 0 Å². The smallest absolute Gasteiger partial charge is 0.116 e. The van der Waals surface area contributed by atoms with Gasteiger partial charge in [-0.3, -0.25) is 4.68 Å². The van der Waals surface area contributed by atoms with Crippen molar-refractivity contribution < 1.29 is 5.11 Å². The average Bonchev–Trinajstić information content (AvgIpc) is 3.46. The van der Waals surface area contributed by atoms with Crippen LogP contribution in [-0.4, -0.2) is 30.9 Å². The molecule has 1 atom stereocenters. The van der Waals surface area contributed by atoms with E-state index in [4.69, 9.17) is 0 Å². The van der Waals surface area contributed by atoms with Crippen molar-refractivity contribution in [1.82, 2.24) is 4.68 Å². The van der Waals surface area contributed by atoms with Crippen LogP contribution in [0.3, 0.4) is 0 Å². The Balaban J connectivity index is 1.28. The predicted molar refractivity (Wildman–Crippen MR) is 178 cm³/mol. The van der Waals surface area contributed by atoms with Crippen LogP contribution in [0.5, 0.6) is 5.75 Å². The lowest BCUT2D eigenvalue weighted by atomic mass is 9.91. The van der Waals surface area contributed by atoms with Gasteiger partial charge in [0.2, 0.25) is 0 Å². The molecule has 0 aliphatic carbocycles. The molecule has 0 radical (unpaired) electrons. The molecule has 0 bridgehead atoms. The minimum absolute atomic E-state index is 0.257. The van der Waals surface area contributed by atoms with Crippen molar-refractivity contribution in [2.24, 2.45) is 10.2 Å². The molecule has 2 heterocycles. The first kappa shape index (κ1) is 26.5. The quantitative estimate of drug-likeness (QED) is 0.228. The van der Waals surface area contributed by atoms with Gasteiger partial charge in [0.05, 0.1) is 27.8 Å². The van der Waals surface area contributed by atoms with Gasteiger partial charge in [0.25, 0.3) is 0 Å². The Labute approximate surface area is 250 Å². The fraction of sp³-hybridized carbons (Fsp3) is 0.135. The number of hydrogen-bond donors (Lipinski definition) is 1. The van der Waals surface area contributed by atoms with E-state index in [-0.39, 0.29) is 5.75 Å². The van der Waals surface area contributed by atoms with Crippen LogP contribution in [0, 0.1) is 0 Å². The lowest BCUT2D eigenvalue weighted by molar-refractivity contribution is 0.476. The van der Waals surface area contributed by atoms with Crippen LogP contribution >= 0.6 is 0 Å². The van der Waals surface area contributed by atoms with Gasteiger partial charge in [-0.2, -0.15) is 5.11 Å². The fourth-order valence-corrected chi connectivity index (χ4v) is 6.07. The third kappa shape index (κ3) is 4.52. The molecule has 5 aromatic carbocycles. The highest BCUT2D eigenvalue weighted by Crippen LogP contribution is 2.34. The summed E-state index contributed by atoms with van der Waals surface area (Å²) in [5.74, 6) is 0.257. The zero-order valence-electron chi connectivity index (χ0n) is 24.7. The predicted octanol–water partition coefficient (Wildman–Crippen LogP) is 7.09. The van der Waals surface area contributed by atoms with E-state index < -0.39 is 5.54 Å². The summed E-state index contributed by atoms with van der Waals surface area (Å²) in [6, 6.07) is 36.8. The van der Waals surface area contributed by atoms with E-state index in [1.807, 2.05) is 62.6 Å². The largest absolute Gasteiger partial charge is 0.508 e. The fourth-order valence-electron chi connectivity index (χ4n) is 6.07. The van der Waals surface area contributed by atoms with Gasteiger partial charge in [0.1, 0.15) is 5.75 Å². The van der Waals surface area contributed by atoms with Crippen LogP contribution in [0.2, 0.25) is 0 Å². The van der Waals surface area contributed by atoms with Crippen molar-refractivity contribution in [3.05, 3.63) is 131 Å². The lowest BCUT2D eigenvalue weighted by Crippen LogP contribution is -2.44. The monoisotopic (exact) mass is 563 g/mol. The third-order valence-corrected chi connectivity index (χ3v) is 8.60. The van der Waals surface area contributed by atoms with E-state index in [1.54, 1.807) is 6.07 Å². The van der Waals surface area contributed by atoms with Gasteiger partial charge in [-0.05, 0) is 84.1 Å². The Kier molecular flexibility index (Phi) is 6.28. The molecule has 1 aromatic heterocycles. The topological polar surface area (TPSA) is 56.4 Å². The number of hydrogen-bond acceptors (Lipinski definition) is 5. The Bertz CT molecular complexity index is 2140. The number of rotatable bonds is 5. The highest BCUT2D eigenvalue weighted by molar-refractivity contribution is 5.92. The molecule has 0 fully saturated rings. The number of benzene rings is 5. The summed E-state index contributed by atoms with van der Waals surface area (Å²) in [4.78, 5) is 2.09. The summed E-state index contributed by atoms with van der Waals surface area (Å²) in [7, 11) is 6.20. The number of nitrogens with zero attached hydrogens (tertiary/aromatic N) is 5. The van der Waals surface area contributed by atoms with Crippen LogP contribution < -0.4 is 20.5 Å². The molecule has 7 rings (SSSR count). The van der Waals surface area contributed by atoms with Crippen LogP contribution in [0.25, 0.3) is 33.8 Å². The summed E-state index contributed by atoms with van der Waals surface area (Å²) in [6.07, 6.45) is 4.52. The number of azo groups is 1. The van der Waals surface area contributed by atoms with Crippen molar-refractivity contribution in [1.29, 1.82) is 0 Å². The molecule has 43 heavy (non-hydrogen) atoms. The first-order valence-electron chi connectivity index (χ1n) is 14.4. The summed E-state index contributed by atoms with van der Waals surface area (Å²) in [6.45, 7) is 2.23. The molecule has 0 saturated carbocycles. The van der Waals surface area contributed by atoms with E-state index >= 15 is 0 Å². The highest BCUT2D eigenvalue weighted by atomic mass is 16.3. The Morgan fingerprint density at radius 1 is 0.791 bits per heavy atom. The molecule has 212 valence electrons. The van der Waals surface area contributed by atoms with Crippen molar-refractivity contribution in [2.75, 3.05) is 31.1 Å². The molecule has 1 unspecified atom stereocenters. The van der Waals surface area contributed by atoms with Gasteiger partial charge in [0, 0.05) is 42.8 Å². The minimum atomic E-state index is -0.399. The first-order valence-corrected chi connectivity index (χ1v) is 14.4. The number of phenols is 1. The van der Waals surface area contributed by atoms with Crippen molar-refractivity contribution in [2.45, 2.75) is 12.5 Å². The molecule has 1 N–H and O–H groups in total. The standard InChI is InChI=1S/C37H33N5O/c1-37(27-14-16-28(17-15-27)38-39-34-11-7-9-26-8-5-6-10-31(26)34)24-36-32(22-25-12-18-29(19-13-25)40(2)3)33-23-30(43)20-21-35(33)42(36)41(37)4/h5-24,43H,1-4H3. The van der Waals surface area contributed by atoms with Crippen LogP contribution in [-0.2, 0) is 5.54 Å². The Morgan fingerprint density at radius 2 is 1.53 bits per heavy atom. The van der Waals surface area contributed by atoms with Gasteiger partial charge < -0.3 is 15.0 Å². The first-order chi connectivity index (χ1) is 20.8. The van der Waals surface area contributed by atoms with Crippen LogP contribution in [0.1, 0.15) is 18.1 Å². The summed E-state index contributed by atoms with van der Waals surface area (Å²) in [5, 5.41) is 27.2. The van der Waals surface area contributed by atoms with Crippen molar-refractivity contribution >= 4 is 50.9 Å². The summed E-state index contributed by atoms with van der Waals surface area (Å²) >= 11 is 0. The lowest BCUT2D eigenvalue weighted by Gasteiger charge is -2.35. The molecule has 0 amide bonds. The van der Waals surface area contributed by atoms with E-state index in [0.717, 1.165) is 60.4 Å². The zero-order valence-corrected chi connectivity index (χ0v) is 24.7. The second kappa shape index (κ2) is 10.2. The van der Waals surface area contributed by atoms with Crippen molar-refractivity contribution in [3.8, 4) is 5.75 Å². The second-order valence-electron chi connectivity index (χ2n) is 11.5. The summed E-state index contributed by atoms with van der Waals surface area (Å²) in [5.41, 5.74) is 5.72. The van der Waals surface area contributed by atoms with Gasteiger partial charge >= 0.3 is 0 Å². The van der Waals surface area contributed by atoms with Crippen molar-refractivity contribution in [3.63, 3.8) is 0 Å². The number of aromatic nitrogens is 1. The molecule has 1 aliphatic heterocycles. The van der Waals surface area contributed by atoms with E-state index in [9.17, 15) is 5.11 Å². The Hall–Kier alpha value is -5.36. The maximum atomic E-state index is 10.4. The maximum Gasteiger partial charge on any atom is 0.116 e. The third-order valence-electron chi connectivity index (χ3n) is 8.60. The molecule has 0 saturated heterocycles. The summed E-state index contributed by atoms with van der Waals surface area (Å²) < 4.78 is 2.25. The molecular formula is C37H33N5O. The van der Waals surface area contributed by atoms with E-state index in [1.165, 1.54) is 0 Å². The Morgan fingerprint density at radius 3 is 2.30 bits per heavy atom. The molecule has 6 aromatic rings. The zero-order chi connectivity index (χ0) is 29.7. The molecule has 1 aliphatic rings. The number of fused-ring (bicyclic) bond motifs is 4. The van der Waals surface area contributed by atoms with E-state index in [0.29, 0.717) is 0 Å². The molecule has 6 nitrogen and oxygen atoms in total. The van der Waals surface area contributed by atoms with Crippen LogP contribution in [0.4, 0.5) is 17.1 Å². The van der Waals surface area contributed by atoms with Crippen LogP contribution in [0.15, 0.2) is 119 Å². The van der Waals surface area contributed by atoms with Gasteiger partial charge in [-0.15, -0.1) is 5.11 Å². The molecule has 6 heteroatoms. The highest BCUT2D eigenvalue weighted by Gasteiger charge is 2.36. The average molecular weight is 564 g/mol. The molecular weight excluding hydrogens is 530 g/mol. The second-order valence-corrected chi connectivity index (χ2v) is 11.5. The maximum absolute atomic E-state index is 10.4. The minimum Gasteiger partial charge on any atom is -0.508 e. The van der Waals surface area contributed by atoms with Gasteiger partial charge in [0.15, 0.2) is 0 Å². The molecule has 0 spiro atoms. The number of phenolic OH excluding ortho intramolecular Hbond substituents is 1. The van der Waals surface area contributed by atoms with E-state index in [2.05, 4.69) is 106 Å². The SMILES string of the molecule is CN(C)c1ccc(C=c2c3n(c4ccc(O)cc24)N(C)C(C)(c2ccc(N=Nc4cccc5ccccc45)cc2)C=3)cc1. The number of aromatic hydroxyl groups is 1.